The molecule has 0 aliphatic heterocycles. The molecule has 13 heteroatoms. The Hall–Kier alpha value is -0.660. The molecule has 0 aromatic rings. The number of nitrogens with one attached hydrogen (secondary N) is 1. The largest absolute Gasteiger partial charge is 0.444 e. The van der Waals surface area contributed by atoms with Crippen LogP contribution in [0.25, 0.3) is 0 Å². The second-order valence-corrected chi connectivity index (χ2v) is 13.2. The van der Waals surface area contributed by atoms with Crippen LogP contribution in [0, 0.1) is 0 Å². The maximum absolute atomic E-state index is 11.6. The molecule has 0 heterocycles. The molecular formula is C17H41ClN4O6S2. The van der Waals surface area contributed by atoms with E-state index in [0.717, 1.165) is 6.26 Å². The Morgan fingerprint density at radius 3 is 1.63 bits per heavy atom. The van der Waals surface area contributed by atoms with Gasteiger partial charge in [0.05, 0.1) is 17.5 Å². The maximum Gasteiger partial charge on any atom is 0.407 e. The van der Waals surface area contributed by atoms with Crippen LogP contribution in [0.15, 0.2) is 0 Å². The first kappa shape index (κ1) is 34.0. The van der Waals surface area contributed by atoms with E-state index < -0.39 is 37.4 Å². The summed E-state index contributed by atoms with van der Waals surface area (Å²) in [5, 5.41) is 2.58. The van der Waals surface area contributed by atoms with Crippen LogP contribution >= 0.6 is 12.4 Å². The summed E-state index contributed by atoms with van der Waals surface area (Å²) in [6.07, 6.45) is 1.74. The van der Waals surface area contributed by atoms with Crippen LogP contribution in [0.5, 0.6) is 0 Å². The van der Waals surface area contributed by atoms with Crippen molar-refractivity contribution < 1.29 is 26.4 Å². The van der Waals surface area contributed by atoms with Gasteiger partial charge in [-0.25, -0.2) is 21.6 Å². The quantitative estimate of drug-likeness (QED) is 0.445. The minimum absolute atomic E-state index is 0. The standard InChI is InChI=1S/C11H24N2O4S.C6H16N2O2S.ClH/c1-11(2,3)17-10(14)12-9(7-13(4)5)8-18(6,15)16;1-8(2)4-6(7)5-11(3,9)10;/h9H,7-8H2,1-6H3,(H,12,14);6H,4-5,7H2,1-3H3;1H/t9-;6-;/m11./s1. The fraction of sp³-hybridized carbons (Fsp3) is 0.941. The molecule has 0 rings (SSSR count). The lowest BCUT2D eigenvalue weighted by Crippen LogP contribution is -2.47. The summed E-state index contributed by atoms with van der Waals surface area (Å²) in [5.41, 5.74) is 4.94. The Labute approximate surface area is 189 Å². The summed E-state index contributed by atoms with van der Waals surface area (Å²) in [4.78, 5) is 15.3. The van der Waals surface area contributed by atoms with Gasteiger partial charge in [-0.15, -0.1) is 12.4 Å². The summed E-state index contributed by atoms with van der Waals surface area (Å²) >= 11 is 0. The first-order valence-corrected chi connectivity index (χ1v) is 13.2. The highest BCUT2D eigenvalue weighted by Crippen LogP contribution is 2.07. The van der Waals surface area contributed by atoms with E-state index in [-0.39, 0.29) is 30.0 Å². The predicted octanol–water partition coefficient (Wildman–Crippen LogP) is -0.172. The molecule has 0 aromatic heterocycles. The number of carbonyl (C=O) groups excluding carboxylic acids is 1. The third-order valence-corrected chi connectivity index (χ3v) is 4.97. The number of hydrogen-bond acceptors (Lipinski definition) is 9. The molecule has 3 N–H and O–H groups in total. The molecule has 0 aliphatic rings. The number of ether oxygens (including phenoxy) is 1. The minimum atomic E-state index is -3.16. The van der Waals surface area contributed by atoms with Gasteiger partial charge < -0.3 is 25.6 Å². The SMILES string of the molecule is CN(C)C[C@@H](N)CS(C)(=O)=O.CN(C)C[C@H](CS(C)(=O)=O)NC(=O)OC(C)(C)C.Cl. The van der Waals surface area contributed by atoms with Crippen LogP contribution < -0.4 is 11.1 Å². The highest BCUT2D eigenvalue weighted by atomic mass is 35.5. The molecule has 10 nitrogen and oxygen atoms in total. The van der Waals surface area contributed by atoms with Gasteiger partial charge in [0.1, 0.15) is 25.3 Å². The summed E-state index contributed by atoms with van der Waals surface area (Å²) in [6.45, 7) is 6.30. The number of alkyl carbamates (subject to hydrolysis) is 1. The van der Waals surface area contributed by atoms with Crippen LogP contribution in [-0.2, 0) is 24.4 Å². The van der Waals surface area contributed by atoms with Crippen molar-refractivity contribution in [1.29, 1.82) is 0 Å². The van der Waals surface area contributed by atoms with Gasteiger partial charge in [0, 0.05) is 31.6 Å². The lowest BCUT2D eigenvalue weighted by atomic mass is 10.2. The van der Waals surface area contributed by atoms with E-state index >= 15 is 0 Å². The number of likely N-dealkylation sites (N-methyl/N-ethyl adjacent to an activating group) is 2. The molecule has 0 spiro atoms. The molecule has 2 atom stereocenters. The van der Waals surface area contributed by atoms with Crippen molar-refractivity contribution >= 4 is 38.2 Å². The van der Waals surface area contributed by atoms with Gasteiger partial charge >= 0.3 is 6.09 Å². The van der Waals surface area contributed by atoms with Crippen molar-refractivity contribution in [1.82, 2.24) is 15.1 Å². The first-order valence-electron chi connectivity index (χ1n) is 9.10. The van der Waals surface area contributed by atoms with Gasteiger partial charge in [-0.2, -0.15) is 0 Å². The first-order chi connectivity index (χ1) is 12.7. The number of sulfone groups is 2. The van der Waals surface area contributed by atoms with E-state index in [2.05, 4.69) is 5.32 Å². The number of halogens is 1. The van der Waals surface area contributed by atoms with Crippen molar-refractivity contribution in [3.05, 3.63) is 0 Å². The second kappa shape index (κ2) is 14.4. The topological polar surface area (TPSA) is 139 Å². The van der Waals surface area contributed by atoms with Gasteiger partial charge in [0.25, 0.3) is 0 Å². The normalized spacial score (nSPS) is 14.3. The predicted molar refractivity (Wildman–Crippen MR) is 125 cm³/mol. The van der Waals surface area contributed by atoms with E-state index in [0.29, 0.717) is 13.1 Å². The average Bonchev–Trinajstić information content (AvgIpc) is 2.29. The van der Waals surface area contributed by atoms with Crippen LogP contribution in [0.3, 0.4) is 0 Å². The molecule has 0 bridgehead atoms. The number of nitrogens with zero attached hydrogens (tertiary/aromatic N) is 2. The number of amides is 1. The van der Waals surface area contributed by atoms with E-state index in [1.54, 1.807) is 20.8 Å². The second-order valence-electron chi connectivity index (χ2n) is 8.81. The molecule has 0 saturated carbocycles. The summed E-state index contributed by atoms with van der Waals surface area (Å²) in [5.74, 6) is -0.0460. The fourth-order valence-corrected chi connectivity index (χ4v) is 4.13. The van der Waals surface area contributed by atoms with Crippen molar-refractivity contribution in [3.8, 4) is 0 Å². The lowest BCUT2D eigenvalue weighted by molar-refractivity contribution is 0.0503. The van der Waals surface area contributed by atoms with Crippen molar-refractivity contribution in [2.75, 3.05) is 65.3 Å². The molecule has 0 aliphatic carbocycles. The Morgan fingerprint density at radius 1 is 0.933 bits per heavy atom. The van der Waals surface area contributed by atoms with Crippen LogP contribution in [0.1, 0.15) is 20.8 Å². The number of hydrogen-bond donors (Lipinski definition) is 2. The van der Waals surface area contributed by atoms with Crippen molar-refractivity contribution in [3.63, 3.8) is 0 Å². The van der Waals surface area contributed by atoms with E-state index in [1.807, 2.05) is 38.0 Å². The Balaban J connectivity index is -0.000000525. The zero-order valence-corrected chi connectivity index (χ0v) is 22.1. The molecule has 0 saturated heterocycles. The van der Waals surface area contributed by atoms with Crippen molar-refractivity contribution in [2.45, 2.75) is 38.5 Å². The lowest BCUT2D eigenvalue weighted by Gasteiger charge is -2.25. The van der Waals surface area contributed by atoms with Gasteiger partial charge in [0.15, 0.2) is 0 Å². The number of rotatable bonds is 9. The van der Waals surface area contributed by atoms with Crippen LogP contribution in [-0.4, -0.2) is 116 Å². The molecule has 30 heavy (non-hydrogen) atoms. The van der Waals surface area contributed by atoms with Crippen LogP contribution in [0.2, 0.25) is 0 Å². The van der Waals surface area contributed by atoms with E-state index in [9.17, 15) is 21.6 Å². The van der Waals surface area contributed by atoms with Gasteiger partial charge in [0.2, 0.25) is 0 Å². The monoisotopic (exact) mass is 496 g/mol. The molecule has 0 unspecified atom stereocenters. The fourth-order valence-electron chi connectivity index (χ4n) is 2.33. The van der Waals surface area contributed by atoms with Crippen LogP contribution in [0.4, 0.5) is 4.79 Å². The Bertz CT molecular complexity index is 692. The highest BCUT2D eigenvalue weighted by Gasteiger charge is 2.22. The number of nitrogens with two attached hydrogens (primary N) is 1. The number of carbonyl (C=O) groups is 1. The zero-order chi connectivity index (χ0) is 23.6. The van der Waals surface area contributed by atoms with Gasteiger partial charge in [-0.05, 0) is 49.0 Å². The van der Waals surface area contributed by atoms with Crippen molar-refractivity contribution in [2.24, 2.45) is 5.73 Å². The zero-order valence-electron chi connectivity index (χ0n) is 19.6. The molecule has 1 amide bonds. The van der Waals surface area contributed by atoms with E-state index in [4.69, 9.17) is 10.5 Å². The summed E-state index contributed by atoms with van der Waals surface area (Å²) < 4.78 is 49.1. The smallest absolute Gasteiger partial charge is 0.407 e. The maximum atomic E-state index is 11.6. The highest BCUT2D eigenvalue weighted by molar-refractivity contribution is 7.90. The van der Waals surface area contributed by atoms with Gasteiger partial charge in [-0.3, -0.25) is 0 Å². The molecule has 0 aromatic carbocycles. The molecular weight excluding hydrogens is 456 g/mol. The van der Waals surface area contributed by atoms with Gasteiger partial charge in [-0.1, -0.05) is 0 Å². The minimum Gasteiger partial charge on any atom is -0.444 e. The Morgan fingerprint density at radius 2 is 1.33 bits per heavy atom. The summed E-state index contributed by atoms with van der Waals surface area (Å²) in [6, 6.07) is -0.759. The average molecular weight is 497 g/mol. The Kier molecular flexibility index (Phi) is 16.3. The third-order valence-electron chi connectivity index (χ3n) is 2.93. The molecule has 0 radical (unpaired) electrons. The molecule has 184 valence electrons. The van der Waals surface area contributed by atoms with E-state index in [1.165, 1.54) is 6.26 Å². The third kappa shape index (κ3) is 27.3. The molecule has 0 fully saturated rings. The summed E-state index contributed by atoms with van der Waals surface area (Å²) in [7, 11) is 1.27.